The first-order valence-corrected chi connectivity index (χ1v) is 6.32. The molecule has 1 atom stereocenters. The number of hydrogen-bond donors (Lipinski definition) is 2. The number of aliphatic hydroxyl groups is 1. The van der Waals surface area contributed by atoms with Gasteiger partial charge in [-0.05, 0) is 13.8 Å². The van der Waals surface area contributed by atoms with Crippen LogP contribution in [-0.2, 0) is 7.05 Å². The number of aryl methyl sites for hydroxylation is 2. The van der Waals surface area contributed by atoms with Crippen LogP contribution in [0.25, 0.3) is 0 Å². The Bertz CT molecular complexity index is 596. The molecule has 0 saturated carbocycles. The SMILES string of the molecule is COc1ccnc(NCC(O)c2c(C)nn(C)c2C)n1. The fourth-order valence-electron chi connectivity index (χ4n) is 2.10. The molecule has 7 heteroatoms. The fraction of sp³-hybridized carbons (Fsp3) is 0.462. The van der Waals surface area contributed by atoms with Gasteiger partial charge in [0.2, 0.25) is 11.8 Å². The summed E-state index contributed by atoms with van der Waals surface area (Å²) in [4.78, 5) is 8.20. The molecule has 108 valence electrons. The van der Waals surface area contributed by atoms with Crippen molar-refractivity contribution < 1.29 is 9.84 Å². The van der Waals surface area contributed by atoms with Crippen molar-refractivity contribution in [2.75, 3.05) is 19.0 Å². The summed E-state index contributed by atoms with van der Waals surface area (Å²) in [5.41, 5.74) is 2.61. The zero-order chi connectivity index (χ0) is 14.7. The predicted molar refractivity (Wildman–Crippen MR) is 74.7 cm³/mol. The van der Waals surface area contributed by atoms with Crippen LogP contribution < -0.4 is 10.1 Å². The number of nitrogens with one attached hydrogen (secondary N) is 1. The maximum Gasteiger partial charge on any atom is 0.226 e. The van der Waals surface area contributed by atoms with Crippen molar-refractivity contribution in [3.8, 4) is 5.88 Å². The summed E-state index contributed by atoms with van der Waals surface area (Å²) in [6.07, 6.45) is 0.930. The van der Waals surface area contributed by atoms with Crippen molar-refractivity contribution in [2.24, 2.45) is 7.05 Å². The van der Waals surface area contributed by atoms with Crippen molar-refractivity contribution in [1.82, 2.24) is 19.7 Å². The van der Waals surface area contributed by atoms with E-state index in [-0.39, 0.29) is 0 Å². The third-order valence-electron chi connectivity index (χ3n) is 3.19. The highest BCUT2D eigenvalue weighted by atomic mass is 16.5. The van der Waals surface area contributed by atoms with E-state index in [9.17, 15) is 5.11 Å². The summed E-state index contributed by atoms with van der Waals surface area (Å²) in [5, 5.41) is 17.6. The van der Waals surface area contributed by atoms with Crippen molar-refractivity contribution in [1.29, 1.82) is 0 Å². The van der Waals surface area contributed by atoms with Gasteiger partial charge in [-0.3, -0.25) is 4.68 Å². The summed E-state index contributed by atoms with van der Waals surface area (Å²) in [6.45, 7) is 4.12. The molecule has 0 aromatic carbocycles. The van der Waals surface area contributed by atoms with E-state index in [0.717, 1.165) is 17.0 Å². The normalized spacial score (nSPS) is 12.2. The van der Waals surface area contributed by atoms with Crippen molar-refractivity contribution >= 4 is 5.95 Å². The Morgan fingerprint density at radius 1 is 1.45 bits per heavy atom. The molecule has 2 aromatic heterocycles. The van der Waals surface area contributed by atoms with E-state index in [2.05, 4.69) is 20.4 Å². The second kappa shape index (κ2) is 5.87. The molecule has 2 rings (SSSR count). The van der Waals surface area contributed by atoms with Gasteiger partial charge in [-0.1, -0.05) is 0 Å². The Morgan fingerprint density at radius 3 is 2.80 bits per heavy atom. The first kappa shape index (κ1) is 14.3. The van der Waals surface area contributed by atoms with Gasteiger partial charge >= 0.3 is 0 Å². The van der Waals surface area contributed by atoms with Crippen LogP contribution >= 0.6 is 0 Å². The minimum atomic E-state index is -0.668. The standard InChI is InChI=1S/C13H19N5O2/c1-8-12(9(2)18(3)17-8)10(19)7-15-13-14-6-5-11(16-13)20-4/h5-6,10,19H,7H2,1-4H3,(H,14,15,16). The number of anilines is 1. The van der Waals surface area contributed by atoms with Crippen LogP contribution in [0.2, 0.25) is 0 Å². The molecule has 0 aliphatic heterocycles. The highest BCUT2D eigenvalue weighted by Crippen LogP contribution is 2.21. The quantitative estimate of drug-likeness (QED) is 0.847. The van der Waals surface area contributed by atoms with E-state index in [1.807, 2.05) is 20.9 Å². The lowest BCUT2D eigenvalue weighted by Crippen LogP contribution is -2.15. The van der Waals surface area contributed by atoms with Crippen LogP contribution in [-0.4, -0.2) is 38.5 Å². The van der Waals surface area contributed by atoms with E-state index in [4.69, 9.17) is 4.74 Å². The number of aromatic nitrogens is 4. The Hall–Kier alpha value is -2.15. The van der Waals surface area contributed by atoms with Gasteiger partial charge in [0.05, 0.1) is 18.9 Å². The van der Waals surface area contributed by atoms with Crippen LogP contribution in [0.4, 0.5) is 5.95 Å². The van der Waals surface area contributed by atoms with Gasteiger partial charge in [-0.25, -0.2) is 4.98 Å². The summed E-state index contributed by atoms with van der Waals surface area (Å²) in [7, 11) is 3.40. The Balaban J connectivity index is 2.06. The molecule has 20 heavy (non-hydrogen) atoms. The second-order valence-corrected chi connectivity index (χ2v) is 4.53. The third kappa shape index (κ3) is 2.88. The lowest BCUT2D eigenvalue weighted by Gasteiger charge is -2.13. The molecule has 0 saturated heterocycles. The van der Waals surface area contributed by atoms with Gasteiger partial charge in [0, 0.05) is 37.1 Å². The molecule has 2 N–H and O–H groups in total. The molecule has 0 aliphatic carbocycles. The summed E-state index contributed by atoms with van der Waals surface area (Å²) < 4.78 is 6.78. The lowest BCUT2D eigenvalue weighted by molar-refractivity contribution is 0.189. The maximum absolute atomic E-state index is 10.3. The first-order chi connectivity index (χ1) is 9.52. The van der Waals surface area contributed by atoms with Crippen molar-refractivity contribution in [3.63, 3.8) is 0 Å². The molecule has 0 spiro atoms. The predicted octanol–water partition coefficient (Wildman–Crippen LogP) is 0.981. The number of nitrogens with zero attached hydrogens (tertiary/aromatic N) is 4. The summed E-state index contributed by atoms with van der Waals surface area (Å²) in [5.74, 6) is 0.897. The Kier molecular flexibility index (Phi) is 4.19. The largest absolute Gasteiger partial charge is 0.481 e. The maximum atomic E-state index is 10.3. The van der Waals surface area contributed by atoms with Crippen LogP contribution in [0.1, 0.15) is 23.1 Å². The molecule has 2 heterocycles. The van der Waals surface area contributed by atoms with Gasteiger partial charge in [0.25, 0.3) is 0 Å². The van der Waals surface area contributed by atoms with Gasteiger partial charge < -0.3 is 15.2 Å². The van der Waals surface area contributed by atoms with E-state index < -0.39 is 6.10 Å². The molecule has 7 nitrogen and oxygen atoms in total. The van der Waals surface area contributed by atoms with Crippen LogP contribution in [0.3, 0.4) is 0 Å². The molecular formula is C13H19N5O2. The van der Waals surface area contributed by atoms with Crippen LogP contribution in [0, 0.1) is 13.8 Å². The number of aliphatic hydroxyl groups excluding tert-OH is 1. The highest BCUT2D eigenvalue weighted by Gasteiger charge is 2.18. The Morgan fingerprint density at radius 2 is 2.20 bits per heavy atom. The van der Waals surface area contributed by atoms with Crippen LogP contribution in [0.15, 0.2) is 12.3 Å². The van der Waals surface area contributed by atoms with E-state index >= 15 is 0 Å². The average Bonchev–Trinajstić information content (AvgIpc) is 2.70. The zero-order valence-electron chi connectivity index (χ0n) is 12.1. The van der Waals surface area contributed by atoms with Crippen molar-refractivity contribution in [3.05, 3.63) is 29.2 Å². The van der Waals surface area contributed by atoms with Gasteiger partial charge in [0.15, 0.2) is 0 Å². The van der Waals surface area contributed by atoms with Gasteiger partial charge in [-0.15, -0.1) is 0 Å². The van der Waals surface area contributed by atoms with Crippen LogP contribution in [0.5, 0.6) is 5.88 Å². The molecule has 0 bridgehead atoms. The first-order valence-electron chi connectivity index (χ1n) is 6.32. The third-order valence-corrected chi connectivity index (χ3v) is 3.19. The molecule has 0 fully saturated rings. The Labute approximate surface area is 117 Å². The smallest absolute Gasteiger partial charge is 0.226 e. The van der Waals surface area contributed by atoms with E-state index in [0.29, 0.717) is 18.4 Å². The van der Waals surface area contributed by atoms with E-state index in [1.165, 1.54) is 0 Å². The molecule has 0 radical (unpaired) electrons. The van der Waals surface area contributed by atoms with E-state index in [1.54, 1.807) is 24.1 Å². The van der Waals surface area contributed by atoms with Crippen molar-refractivity contribution in [2.45, 2.75) is 20.0 Å². The molecule has 0 amide bonds. The summed E-state index contributed by atoms with van der Waals surface area (Å²) >= 11 is 0. The fourth-order valence-corrected chi connectivity index (χ4v) is 2.10. The number of methoxy groups -OCH3 is 1. The highest BCUT2D eigenvalue weighted by molar-refractivity contribution is 5.31. The monoisotopic (exact) mass is 277 g/mol. The minimum Gasteiger partial charge on any atom is -0.481 e. The number of ether oxygens (including phenoxy) is 1. The minimum absolute atomic E-state index is 0.306. The number of hydrogen-bond acceptors (Lipinski definition) is 6. The van der Waals surface area contributed by atoms with Gasteiger partial charge in [0.1, 0.15) is 0 Å². The second-order valence-electron chi connectivity index (χ2n) is 4.53. The summed E-state index contributed by atoms with van der Waals surface area (Å²) in [6, 6.07) is 1.66. The molecule has 1 unspecified atom stereocenters. The molecular weight excluding hydrogens is 258 g/mol. The molecule has 2 aromatic rings. The lowest BCUT2D eigenvalue weighted by atomic mass is 10.1. The average molecular weight is 277 g/mol. The molecule has 0 aliphatic rings. The zero-order valence-corrected chi connectivity index (χ0v) is 12.1. The number of rotatable bonds is 5. The van der Waals surface area contributed by atoms with Gasteiger partial charge in [-0.2, -0.15) is 10.1 Å². The topological polar surface area (TPSA) is 85.1 Å².